The van der Waals surface area contributed by atoms with Crippen LogP contribution < -0.4 is 0 Å². The number of hydrogen-bond donors (Lipinski definition) is 0. The molecule has 0 aliphatic carbocycles. The number of carbonyl (C=O) groups excluding carboxylic acids is 2. The predicted octanol–water partition coefficient (Wildman–Crippen LogP) is 2.60. The van der Waals surface area contributed by atoms with Crippen LogP contribution in [0.4, 0.5) is 0 Å². The Labute approximate surface area is 95.4 Å². The molecule has 0 amide bonds. The van der Waals surface area contributed by atoms with E-state index < -0.39 is 0 Å². The zero-order valence-electron chi connectivity index (χ0n) is 9.60. The third-order valence-electron chi connectivity index (χ3n) is 2.24. The fraction of sp³-hybridized carbons (Fsp3) is 0.385. The zero-order valence-corrected chi connectivity index (χ0v) is 9.60. The number of hydrogen-bond acceptors (Lipinski definition) is 3. The molecule has 0 aromatic heterocycles. The molecule has 3 nitrogen and oxygen atoms in total. The van der Waals surface area contributed by atoms with E-state index in [-0.39, 0.29) is 17.9 Å². The van der Waals surface area contributed by atoms with Gasteiger partial charge < -0.3 is 4.74 Å². The van der Waals surface area contributed by atoms with Gasteiger partial charge in [-0.2, -0.15) is 0 Å². The van der Waals surface area contributed by atoms with E-state index in [9.17, 15) is 9.59 Å². The number of ether oxygens (including phenoxy) is 1. The molecule has 16 heavy (non-hydrogen) atoms. The van der Waals surface area contributed by atoms with Gasteiger partial charge in [-0.1, -0.05) is 30.3 Å². The van der Waals surface area contributed by atoms with Crippen molar-refractivity contribution in [2.45, 2.75) is 32.8 Å². The monoisotopic (exact) mass is 220 g/mol. The Morgan fingerprint density at radius 2 is 1.88 bits per heavy atom. The summed E-state index contributed by atoms with van der Waals surface area (Å²) in [5, 5.41) is 0. The van der Waals surface area contributed by atoms with Crippen molar-refractivity contribution in [2.24, 2.45) is 0 Å². The van der Waals surface area contributed by atoms with Crippen LogP contribution in [0.5, 0.6) is 0 Å². The summed E-state index contributed by atoms with van der Waals surface area (Å²) < 4.78 is 4.95. The van der Waals surface area contributed by atoms with Gasteiger partial charge in [-0.25, -0.2) is 0 Å². The fourth-order valence-electron chi connectivity index (χ4n) is 1.44. The summed E-state index contributed by atoms with van der Waals surface area (Å²) in [5.74, 6) is -0.223. The highest BCUT2D eigenvalue weighted by Crippen LogP contribution is 2.08. The van der Waals surface area contributed by atoms with Gasteiger partial charge in [-0.05, 0) is 13.3 Å². The molecule has 0 aliphatic rings. The number of esters is 1. The van der Waals surface area contributed by atoms with Gasteiger partial charge >= 0.3 is 5.97 Å². The summed E-state index contributed by atoms with van der Waals surface area (Å²) in [5.41, 5.74) is 0.706. The molecule has 0 radical (unpaired) electrons. The van der Waals surface area contributed by atoms with Crippen molar-refractivity contribution in [1.82, 2.24) is 0 Å². The van der Waals surface area contributed by atoms with E-state index in [1.54, 1.807) is 19.1 Å². The molecule has 1 rings (SSSR count). The van der Waals surface area contributed by atoms with Crippen LogP contribution in [0.15, 0.2) is 30.3 Å². The summed E-state index contributed by atoms with van der Waals surface area (Å²) in [6.45, 7) is 3.16. The number of ketones is 1. The summed E-state index contributed by atoms with van der Waals surface area (Å²) in [7, 11) is 0. The average Bonchev–Trinajstić information content (AvgIpc) is 2.26. The highest BCUT2D eigenvalue weighted by Gasteiger charge is 2.10. The van der Waals surface area contributed by atoms with Crippen LogP contribution in [0.1, 0.15) is 37.0 Å². The van der Waals surface area contributed by atoms with E-state index >= 15 is 0 Å². The predicted molar refractivity (Wildman–Crippen MR) is 61.2 cm³/mol. The first-order valence-corrected chi connectivity index (χ1v) is 5.35. The Balaban J connectivity index is 2.39. The third-order valence-corrected chi connectivity index (χ3v) is 2.24. The SMILES string of the molecule is CC(=O)OC(C)CCC(=O)c1ccccc1. The first-order valence-electron chi connectivity index (χ1n) is 5.35. The van der Waals surface area contributed by atoms with Gasteiger partial charge in [0.2, 0.25) is 0 Å². The van der Waals surface area contributed by atoms with E-state index in [2.05, 4.69) is 0 Å². The number of Topliss-reactive ketones (excluding diaryl/α,β-unsaturated/α-hetero) is 1. The molecule has 1 unspecified atom stereocenters. The normalized spacial score (nSPS) is 11.9. The maximum absolute atomic E-state index is 11.7. The van der Waals surface area contributed by atoms with Crippen LogP contribution >= 0.6 is 0 Å². The van der Waals surface area contributed by atoms with Gasteiger partial charge in [-0.15, -0.1) is 0 Å². The van der Waals surface area contributed by atoms with E-state index in [0.29, 0.717) is 18.4 Å². The number of benzene rings is 1. The lowest BCUT2D eigenvalue weighted by Crippen LogP contribution is -2.14. The topological polar surface area (TPSA) is 43.4 Å². The quantitative estimate of drug-likeness (QED) is 0.566. The van der Waals surface area contributed by atoms with E-state index in [1.807, 2.05) is 18.2 Å². The molecule has 0 bridgehead atoms. The molecule has 86 valence electrons. The van der Waals surface area contributed by atoms with Gasteiger partial charge in [0.05, 0.1) is 6.10 Å². The van der Waals surface area contributed by atoms with Gasteiger partial charge in [0.25, 0.3) is 0 Å². The minimum absolute atomic E-state index is 0.0830. The highest BCUT2D eigenvalue weighted by molar-refractivity contribution is 5.95. The van der Waals surface area contributed by atoms with Crippen molar-refractivity contribution in [2.75, 3.05) is 0 Å². The van der Waals surface area contributed by atoms with Crippen LogP contribution in [0.25, 0.3) is 0 Å². The molecular formula is C13H16O3. The number of rotatable bonds is 5. The van der Waals surface area contributed by atoms with Crippen molar-refractivity contribution in [3.63, 3.8) is 0 Å². The lowest BCUT2D eigenvalue weighted by molar-refractivity contribution is -0.145. The first-order chi connectivity index (χ1) is 7.59. The molecule has 1 aromatic carbocycles. The minimum atomic E-state index is -0.306. The van der Waals surface area contributed by atoms with Gasteiger partial charge in [0, 0.05) is 18.9 Å². The zero-order chi connectivity index (χ0) is 12.0. The largest absolute Gasteiger partial charge is 0.463 e. The first kappa shape index (κ1) is 12.4. The van der Waals surface area contributed by atoms with Crippen molar-refractivity contribution >= 4 is 11.8 Å². The smallest absolute Gasteiger partial charge is 0.302 e. The molecule has 1 aromatic rings. The average molecular weight is 220 g/mol. The summed E-state index contributed by atoms with van der Waals surface area (Å²) in [4.78, 5) is 22.4. The Morgan fingerprint density at radius 1 is 1.25 bits per heavy atom. The third kappa shape index (κ3) is 4.26. The van der Waals surface area contributed by atoms with Crippen molar-refractivity contribution in [3.05, 3.63) is 35.9 Å². The highest BCUT2D eigenvalue weighted by atomic mass is 16.5. The summed E-state index contributed by atoms with van der Waals surface area (Å²) in [6.07, 6.45) is 0.761. The van der Waals surface area contributed by atoms with Crippen molar-refractivity contribution in [3.8, 4) is 0 Å². The van der Waals surface area contributed by atoms with E-state index in [4.69, 9.17) is 4.74 Å². The molecule has 0 heterocycles. The molecule has 3 heteroatoms. The lowest BCUT2D eigenvalue weighted by Gasteiger charge is -2.10. The van der Waals surface area contributed by atoms with Crippen LogP contribution in [-0.2, 0) is 9.53 Å². The molecule has 0 aliphatic heterocycles. The molecular weight excluding hydrogens is 204 g/mol. The summed E-state index contributed by atoms with van der Waals surface area (Å²) in [6, 6.07) is 9.13. The second-order valence-electron chi connectivity index (χ2n) is 3.75. The fourth-order valence-corrected chi connectivity index (χ4v) is 1.44. The molecule has 0 saturated heterocycles. The Kier molecular flexibility index (Phi) is 4.70. The molecule has 0 N–H and O–H groups in total. The van der Waals surface area contributed by atoms with Gasteiger partial charge in [0.1, 0.15) is 0 Å². The van der Waals surface area contributed by atoms with Crippen LogP contribution in [0, 0.1) is 0 Å². The van der Waals surface area contributed by atoms with Crippen LogP contribution in [-0.4, -0.2) is 17.9 Å². The maximum Gasteiger partial charge on any atom is 0.302 e. The molecule has 0 spiro atoms. The van der Waals surface area contributed by atoms with Crippen LogP contribution in [0.3, 0.4) is 0 Å². The second kappa shape index (κ2) is 6.05. The lowest BCUT2D eigenvalue weighted by atomic mass is 10.1. The summed E-state index contributed by atoms with van der Waals surface area (Å²) >= 11 is 0. The van der Waals surface area contributed by atoms with Crippen molar-refractivity contribution < 1.29 is 14.3 Å². The Morgan fingerprint density at radius 3 is 2.44 bits per heavy atom. The molecule has 1 atom stereocenters. The Bertz CT molecular complexity index is 357. The van der Waals surface area contributed by atoms with Gasteiger partial charge in [0.15, 0.2) is 5.78 Å². The standard InChI is InChI=1S/C13H16O3/c1-10(16-11(2)14)8-9-13(15)12-6-4-3-5-7-12/h3-7,10H,8-9H2,1-2H3. The molecule has 0 fully saturated rings. The Hall–Kier alpha value is -1.64. The minimum Gasteiger partial charge on any atom is -0.463 e. The van der Waals surface area contributed by atoms with E-state index in [1.165, 1.54) is 6.92 Å². The van der Waals surface area contributed by atoms with Crippen molar-refractivity contribution in [1.29, 1.82) is 0 Å². The van der Waals surface area contributed by atoms with E-state index in [0.717, 1.165) is 0 Å². The van der Waals surface area contributed by atoms with Gasteiger partial charge in [-0.3, -0.25) is 9.59 Å². The second-order valence-corrected chi connectivity index (χ2v) is 3.75. The van der Waals surface area contributed by atoms with Crippen LogP contribution in [0.2, 0.25) is 0 Å². The number of carbonyl (C=O) groups is 2. The maximum atomic E-state index is 11.7. The molecule has 0 saturated carbocycles.